The standard InChI is InChI=1S/C22H36N4O2/c27-16-19-15-26(21(28)12-20-13-23-17-24-20)11-8-22(19)6-9-25(10-7-22)14-18-4-2-1-3-5-18/h13,17-19,27H,1-12,14-16H2,(H,23,24). The maximum atomic E-state index is 12.7. The second kappa shape index (κ2) is 8.95. The van der Waals surface area contributed by atoms with Crippen molar-refractivity contribution in [3.8, 4) is 0 Å². The van der Waals surface area contributed by atoms with Gasteiger partial charge in [-0.2, -0.15) is 0 Å². The lowest BCUT2D eigenvalue weighted by molar-refractivity contribution is -0.137. The fourth-order valence-electron chi connectivity index (χ4n) is 5.82. The molecule has 0 bridgehead atoms. The smallest absolute Gasteiger partial charge is 0.228 e. The van der Waals surface area contributed by atoms with E-state index in [1.54, 1.807) is 12.5 Å². The van der Waals surface area contributed by atoms with Crippen LogP contribution in [0.25, 0.3) is 0 Å². The summed E-state index contributed by atoms with van der Waals surface area (Å²) in [6.07, 6.45) is 14.2. The number of hydrogen-bond acceptors (Lipinski definition) is 4. The van der Waals surface area contributed by atoms with Crippen LogP contribution in [0.3, 0.4) is 0 Å². The molecule has 1 amide bonds. The molecule has 2 saturated heterocycles. The number of aromatic amines is 1. The highest BCUT2D eigenvalue weighted by Gasteiger charge is 2.45. The molecule has 3 aliphatic rings. The Hall–Kier alpha value is -1.40. The van der Waals surface area contributed by atoms with E-state index < -0.39 is 0 Å². The molecule has 1 aromatic rings. The topological polar surface area (TPSA) is 72.5 Å². The Kier molecular flexibility index (Phi) is 6.36. The molecule has 1 aliphatic carbocycles. The molecule has 156 valence electrons. The minimum atomic E-state index is 0.146. The minimum Gasteiger partial charge on any atom is -0.396 e. The van der Waals surface area contributed by atoms with E-state index in [2.05, 4.69) is 14.9 Å². The molecule has 28 heavy (non-hydrogen) atoms. The number of likely N-dealkylation sites (tertiary alicyclic amines) is 2. The summed E-state index contributed by atoms with van der Waals surface area (Å²) in [6, 6.07) is 0. The average molecular weight is 389 g/mol. The number of piperidine rings is 2. The van der Waals surface area contributed by atoms with Crippen molar-refractivity contribution in [1.82, 2.24) is 19.8 Å². The molecule has 0 radical (unpaired) electrons. The SMILES string of the molecule is O=C(Cc1cnc[nH]1)N1CCC2(CCN(CC3CCCCC3)CC2)C(CO)C1. The Bertz CT molecular complexity index is 618. The van der Waals surface area contributed by atoms with E-state index in [0.717, 1.165) is 37.7 Å². The Labute approximate surface area is 168 Å². The number of amides is 1. The summed E-state index contributed by atoms with van der Waals surface area (Å²) < 4.78 is 0. The molecule has 6 heteroatoms. The highest BCUT2D eigenvalue weighted by Crippen LogP contribution is 2.45. The predicted molar refractivity (Wildman–Crippen MR) is 109 cm³/mol. The van der Waals surface area contributed by atoms with Crippen LogP contribution in [0.2, 0.25) is 0 Å². The third-order valence-corrected chi connectivity index (χ3v) is 7.75. The maximum absolute atomic E-state index is 12.7. The number of nitrogens with one attached hydrogen (secondary N) is 1. The van der Waals surface area contributed by atoms with Crippen LogP contribution in [0.5, 0.6) is 0 Å². The maximum Gasteiger partial charge on any atom is 0.228 e. The van der Waals surface area contributed by atoms with Gasteiger partial charge in [0.2, 0.25) is 5.91 Å². The fourth-order valence-corrected chi connectivity index (χ4v) is 5.82. The number of rotatable bonds is 5. The number of aromatic nitrogens is 2. The Balaban J connectivity index is 1.30. The number of nitrogens with zero attached hydrogens (tertiary/aromatic N) is 3. The Morgan fingerprint density at radius 1 is 1.18 bits per heavy atom. The molecule has 1 spiro atoms. The lowest BCUT2D eigenvalue weighted by Crippen LogP contribution is -2.55. The number of carbonyl (C=O) groups is 1. The molecule has 0 aromatic carbocycles. The van der Waals surface area contributed by atoms with Gasteiger partial charge in [0.15, 0.2) is 0 Å². The first-order chi connectivity index (χ1) is 13.7. The van der Waals surface area contributed by atoms with Crippen molar-refractivity contribution in [3.63, 3.8) is 0 Å². The van der Waals surface area contributed by atoms with Gasteiger partial charge < -0.3 is 19.9 Å². The first-order valence-electron chi connectivity index (χ1n) is 11.3. The number of H-pyrrole nitrogens is 1. The second-order valence-corrected chi connectivity index (χ2v) is 9.39. The average Bonchev–Trinajstić information content (AvgIpc) is 3.24. The van der Waals surface area contributed by atoms with Crippen LogP contribution >= 0.6 is 0 Å². The summed E-state index contributed by atoms with van der Waals surface area (Å²) in [7, 11) is 0. The molecule has 4 rings (SSSR count). The third-order valence-electron chi connectivity index (χ3n) is 7.75. The Morgan fingerprint density at radius 3 is 2.61 bits per heavy atom. The zero-order chi connectivity index (χ0) is 19.4. The van der Waals surface area contributed by atoms with Crippen LogP contribution in [0, 0.1) is 17.3 Å². The summed E-state index contributed by atoms with van der Waals surface area (Å²) in [5, 5.41) is 10.1. The Morgan fingerprint density at radius 2 is 1.93 bits per heavy atom. The molecule has 3 fully saturated rings. The van der Waals surface area contributed by atoms with E-state index >= 15 is 0 Å². The minimum absolute atomic E-state index is 0.146. The van der Waals surface area contributed by atoms with Crippen molar-refractivity contribution in [2.75, 3.05) is 39.3 Å². The first-order valence-corrected chi connectivity index (χ1v) is 11.3. The quantitative estimate of drug-likeness (QED) is 0.813. The largest absolute Gasteiger partial charge is 0.396 e. The summed E-state index contributed by atoms with van der Waals surface area (Å²) in [6.45, 7) is 5.31. The number of carbonyl (C=O) groups excluding carboxylic acids is 1. The van der Waals surface area contributed by atoms with E-state index in [4.69, 9.17) is 0 Å². The van der Waals surface area contributed by atoms with Gasteiger partial charge in [0.05, 0.1) is 12.7 Å². The summed E-state index contributed by atoms with van der Waals surface area (Å²) >= 11 is 0. The highest BCUT2D eigenvalue weighted by atomic mass is 16.3. The lowest BCUT2D eigenvalue weighted by atomic mass is 9.64. The summed E-state index contributed by atoms with van der Waals surface area (Å²) in [5.41, 5.74) is 1.09. The van der Waals surface area contributed by atoms with Gasteiger partial charge in [0.25, 0.3) is 0 Å². The summed E-state index contributed by atoms with van der Waals surface area (Å²) in [5.74, 6) is 1.26. The zero-order valence-electron chi connectivity index (χ0n) is 17.1. The van der Waals surface area contributed by atoms with Gasteiger partial charge in [0, 0.05) is 44.0 Å². The van der Waals surface area contributed by atoms with Crippen molar-refractivity contribution in [2.45, 2.75) is 57.8 Å². The molecule has 3 heterocycles. The van der Waals surface area contributed by atoms with E-state index in [1.807, 2.05) is 4.90 Å². The van der Waals surface area contributed by atoms with Gasteiger partial charge in [-0.25, -0.2) is 4.98 Å². The van der Waals surface area contributed by atoms with Crippen molar-refractivity contribution < 1.29 is 9.90 Å². The van der Waals surface area contributed by atoms with E-state index in [-0.39, 0.29) is 23.8 Å². The number of aliphatic hydroxyl groups is 1. The van der Waals surface area contributed by atoms with Crippen LogP contribution in [0.15, 0.2) is 12.5 Å². The number of imidazole rings is 1. The number of aliphatic hydroxyl groups excluding tert-OH is 1. The van der Waals surface area contributed by atoms with E-state index in [0.29, 0.717) is 13.0 Å². The molecule has 6 nitrogen and oxygen atoms in total. The molecule has 1 atom stereocenters. The van der Waals surface area contributed by atoms with E-state index in [1.165, 1.54) is 51.5 Å². The monoisotopic (exact) mass is 388 g/mol. The molecule has 1 aromatic heterocycles. The van der Waals surface area contributed by atoms with Gasteiger partial charge >= 0.3 is 0 Å². The van der Waals surface area contributed by atoms with Crippen molar-refractivity contribution >= 4 is 5.91 Å². The third kappa shape index (κ3) is 4.43. The van der Waals surface area contributed by atoms with Gasteiger partial charge in [-0.1, -0.05) is 19.3 Å². The van der Waals surface area contributed by atoms with Crippen LogP contribution < -0.4 is 0 Å². The molecular weight excluding hydrogens is 352 g/mol. The van der Waals surface area contributed by atoms with Crippen molar-refractivity contribution in [2.24, 2.45) is 17.3 Å². The highest BCUT2D eigenvalue weighted by molar-refractivity contribution is 5.78. The van der Waals surface area contributed by atoms with Crippen molar-refractivity contribution in [3.05, 3.63) is 18.2 Å². The van der Waals surface area contributed by atoms with Crippen LogP contribution in [0.4, 0.5) is 0 Å². The second-order valence-electron chi connectivity index (χ2n) is 9.39. The zero-order valence-corrected chi connectivity index (χ0v) is 17.1. The molecule has 1 unspecified atom stereocenters. The molecule has 1 saturated carbocycles. The lowest BCUT2D eigenvalue weighted by Gasteiger charge is -2.51. The molecule has 2 aliphatic heterocycles. The van der Waals surface area contributed by atoms with E-state index in [9.17, 15) is 9.90 Å². The van der Waals surface area contributed by atoms with Crippen LogP contribution in [0.1, 0.15) is 57.1 Å². The van der Waals surface area contributed by atoms with Crippen LogP contribution in [-0.4, -0.2) is 70.1 Å². The van der Waals surface area contributed by atoms with Gasteiger partial charge in [-0.3, -0.25) is 4.79 Å². The predicted octanol–water partition coefficient (Wildman–Crippen LogP) is 2.46. The van der Waals surface area contributed by atoms with Crippen LogP contribution in [-0.2, 0) is 11.2 Å². The normalized spacial score (nSPS) is 26.6. The molecule has 2 N–H and O–H groups in total. The van der Waals surface area contributed by atoms with Crippen molar-refractivity contribution in [1.29, 1.82) is 0 Å². The first kappa shape index (κ1) is 19.9. The summed E-state index contributed by atoms with van der Waals surface area (Å²) in [4.78, 5) is 24.3. The van der Waals surface area contributed by atoms with Gasteiger partial charge in [0.1, 0.15) is 0 Å². The van der Waals surface area contributed by atoms with Gasteiger partial charge in [-0.05, 0) is 56.5 Å². The molecular formula is C22H36N4O2. The number of hydrogen-bond donors (Lipinski definition) is 2. The fraction of sp³-hybridized carbons (Fsp3) is 0.818. The van der Waals surface area contributed by atoms with Gasteiger partial charge in [-0.15, -0.1) is 0 Å².